The van der Waals surface area contributed by atoms with E-state index in [1.165, 1.54) is 12.8 Å². The maximum Gasteiger partial charge on any atom is 0.200 e. The van der Waals surface area contributed by atoms with Crippen LogP contribution in [0.25, 0.3) is 22.3 Å². The Morgan fingerprint density at radius 1 is 1.00 bits per heavy atom. The lowest BCUT2D eigenvalue weighted by atomic mass is 9.92. The van der Waals surface area contributed by atoms with Crippen LogP contribution < -0.4 is 14.9 Å². The van der Waals surface area contributed by atoms with Crippen LogP contribution in [0.4, 0.5) is 0 Å². The number of phenolic OH excluding ortho intramolecular Hbond substituents is 1. The minimum Gasteiger partial charge on any atom is -0.507 e. The lowest BCUT2D eigenvalue weighted by molar-refractivity contribution is 0.394. The lowest BCUT2D eigenvalue weighted by Gasteiger charge is -2.16. The third-order valence-corrected chi connectivity index (χ3v) is 6.23. The van der Waals surface area contributed by atoms with E-state index in [1.807, 2.05) is 19.1 Å². The number of methoxy groups -OCH3 is 2. The topological polar surface area (TPSA) is 68.9 Å². The van der Waals surface area contributed by atoms with Gasteiger partial charge in [-0.05, 0) is 61.4 Å². The van der Waals surface area contributed by atoms with Gasteiger partial charge in [0.05, 0.1) is 19.8 Å². The molecular weight excluding hydrogens is 416 g/mol. The molecule has 1 aromatic heterocycles. The molecule has 0 saturated carbocycles. The summed E-state index contributed by atoms with van der Waals surface area (Å²) in [6.07, 6.45) is 4.96. The smallest absolute Gasteiger partial charge is 0.200 e. The predicted molar refractivity (Wildman–Crippen MR) is 134 cm³/mol. The van der Waals surface area contributed by atoms with Gasteiger partial charge in [0, 0.05) is 11.6 Å². The number of fused-ring (bicyclic) bond motifs is 1. The molecule has 5 nitrogen and oxygen atoms in total. The van der Waals surface area contributed by atoms with Crippen LogP contribution in [0.3, 0.4) is 0 Å². The van der Waals surface area contributed by atoms with E-state index in [0.29, 0.717) is 52.2 Å². The predicted octanol–water partition coefficient (Wildman–Crippen LogP) is 6.89. The first-order valence-electron chi connectivity index (χ1n) is 11.8. The Hall–Kier alpha value is -2.95. The Morgan fingerprint density at radius 2 is 1.76 bits per heavy atom. The Labute approximate surface area is 196 Å². The number of phenols is 1. The number of rotatable bonds is 10. The molecule has 3 rings (SSSR count). The van der Waals surface area contributed by atoms with Crippen LogP contribution in [-0.2, 0) is 6.42 Å². The molecule has 0 bridgehead atoms. The van der Waals surface area contributed by atoms with E-state index in [1.54, 1.807) is 32.4 Å². The van der Waals surface area contributed by atoms with E-state index in [4.69, 9.17) is 13.9 Å². The van der Waals surface area contributed by atoms with Crippen LogP contribution in [0, 0.1) is 18.8 Å². The SMILES string of the molecule is COc1ccc(-c2oc3cc(C)cc(O)c3c(=O)c2CCC(C)CCCC(C)C)c(OC)c1. The first kappa shape index (κ1) is 24.7. The van der Waals surface area contributed by atoms with Crippen molar-refractivity contribution in [1.29, 1.82) is 0 Å². The molecule has 0 spiro atoms. The summed E-state index contributed by atoms with van der Waals surface area (Å²) in [6.45, 7) is 8.58. The molecule has 3 aromatic rings. The molecule has 178 valence electrons. The van der Waals surface area contributed by atoms with E-state index in [-0.39, 0.29) is 16.6 Å². The number of ether oxygens (including phenoxy) is 2. The molecule has 0 saturated heterocycles. The first-order valence-corrected chi connectivity index (χ1v) is 11.8. The van der Waals surface area contributed by atoms with E-state index in [9.17, 15) is 9.90 Å². The van der Waals surface area contributed by atoms with Gasteiger partial charge >= 0.3 is 0 Å². The van der Waals surface area contributed by atoms with Crippen LogP contribution in [0.15, 0.2) is 39.5 Å². The molecule has 5 heteroatoms. The highest BCUT2D eigenvalue weighted by atomic mass is 16.5. The zero-order valence-corrected chi connectivity index (χ0v) is 20.7. The minimum absolute atomic E-state index is 0.0433. The molecule has 0 fully saturated rings. The van der Waals surface area contributed by atoms with Crippen molar-refractivity contribution in [3.8, 4) is 28.6 Å². The van der Waals surface area contributed by atoms with Gasteiger partial charge in [-0.3, -0.25) is 4.79 Å². The maximum absolute atomic E-state index is 13.6. The Kier molecular flexibility index (Phi) is 8.06. The summed E-state index contributed by atoms with van der Waals surface area (Å²) in [5.41, 5.74) is 2.28. The highest BCUT2D eigenvalue weighted by Crippen LogP contribution is 2.38. The standard InChI is InChI=1S/C28H36O5/c1-17(2)8-7-9-18(3)10-12-22-27(30)26-23(29)14-19(4)15-25(26)33-28(22)21-13-11-20(31-5)16-24(21)32-6/h11,13-18,29H,7-10,12H2,1-6H3. The quantitative estimate of drug-likeness (QED) is 0.363. The van der Waals surface area contributed by atoms with Crippen molar-refractivity contribution in [2.45, 2.75) is 59.8 Å². The molecule has 1 atom stereocenters. The molecule has 1 heterocycles. The molecule has 0 amide bonds. The summed E-state index contributed by atoms with van der Waals surface area (Å²) in [6, 6.07) is 8.85. The Balaban J connectivity index is 2.09. The molecule has 33 heavy (non-hydrogen) atoms. The molecule has 1 unspecified atom stereocenters. The third kappa shape index (κ3) is 5.70. The zero-order valence-electron chi connectivity index (χ0n) is 20.7. The van der Waals surface area contributed by atoms with Crippen LogP contribution in [0.2, 0.25) is 0 Å². The molecule has 2 aromatic carbocycles. The summed E-state index contributed by atoms with van der Waals surface area (Å²) in [4.78, 5) is 13.6. The lowest BCUT2D eigenvalue weighted by Crippen LogP contribution is -2.13. The Morgan fingerprint density at radius 3 is 2.42 bits per heavy atom. The van der Waals surface area contributed by atoms with Crippen LogP contribution >= 0.6 is 0 Å². The van der Waals surface area contributed by atoms with Gasteiger partial charge in [-0.25, -0.2) is 0 Å². The van der Waals surface area contributed by atoms with Crippen LogP contribution in [0.1, 0.15) is 57.6 Å². The molecule has 0 aliphatic carbocycles. The Bertz CT molecular complexity index is 1160. The van der Waals surface area contributed by atoms with Gasteiger partial charge < -0.3 is 19.0 Å². The molecule has 0 aliphatic rings. The maximum atomic E-state index is 13.6. The van der Waals surface area contributed by atoms with Crippen molar-refractivity contribution < 1.29 is 19.0 Å². The fourth-order valence-electron chi connectivity index (χ4n) is 4.31. The highest BCUT2D eigenvalue weighted by molar-refractivity contribution is 5.87. The second-order valence-electron chi connectivity index (χ2n) is 9.43. The van der Waals surface area contributed by atoms with Crippen molar-refractivity contribution >= 4 is 11.0 Å². The van der Waals surface area contributed by atoms with Crippen molar-refractivity contribution in [3.63, 3.8) is 0 Å². The van der Waals surface area contributed by atoms with Crippen molar-refractivity contribution in [3.05, 3.63) is 51.7 Å². The van der Waals surface area contributed by atoms with Gasteiger partial charge in [0.25, 0.3) is 0 Å². The first-order chi connectivity index (χ1) is 15.7. The van der Waals surface area contributed by atoms with E-state index in [2.05, 4.69) is 20.8 Å². The fraction of sp³-hybridized carbons (Fsp3) is 0.464. The number of aryl methyl sites for hydroxylation is 1. The monoisotopic (exact) mass is 452 g/mol. The summed E-state index contributed by atoms with van der Waals surface area (Å²) in [5, 5.41) is 10.8. The van der Waals surface area contributed by atoms with Crippen LogP contribution in [-0.4, -0.2) is 19.3 Å². The average Bonchev–Trinajstić information content (AvgIpc) is 2.76. The molecular formula is C28H36O5. The normalized spacial score (nSPS) is 12.3. The van der Waals surface area contributed by atoms with Crippen molar-refractivity contribution in [1.82, 2.24) is 0 Å². The summed E-state index contributed by atoms with van der Waals surface area (Å²) in [7, 11) is 3.19. The van der Waals surface area contributed by atoms with Crippen molar-refractivity contribution in [2.75, 3.05) is 14.2 Å². The summed E-state index contributed by atoms with van der Waals surface area (Å²) >= 11 is 0. The van der Waals surface area contributed by atoms with E-state index < -0.39 is 0 Å². The van der Waals surface area contributed by atoms with Gasteiger partial charge in [0.15, 0.2) is 5.43 Å². The van der Waals surface area contributed by atoms with Crippen LogP contribution in [0.5, 0.6) is 17.2 Å². The minimum atomic E-state index is -0.184. The van der Waals surface area contributed by atoms with Gasteiger partial charge in [-0.2, -0.15) is 0 Å². The van der Waals surface area contributed by atoms with Crippen molar-refractivity contribution in [2.24, 2.45) is 11.8 Å². The average molecular weight is 453 g/mol. The van der Waals surface area contributed by atoms with E-state index >= 15 is 0 Å². The van der Waals surface area contributed by atoms with Gasteiger partial charge in [0.2, 0.25) is 0 Å². The number of aromatic hydroxyl groups is 1. The van der Waals surface area contributed by atoms with Gasteiger partial charge in [-0.1, -0.05) is 40.0 Å². The largest absolute Gasteiger partial charge is 0.507 e. The van der Waals surface area contributed by atoms with Gasteiger partial charge in [0.1, 0.15) is 34.0 Å². The summed E-state index contributed by atoms with van der Waals surface area (Å²) in [5.74, 6) is 2.86. The second-order valence-corrected chi connectivity index (χ2v) is 9.43. The van der Waals surface area contributed by atoms with E-state index in [0.717, 1.165) is 18.4 Å². The zero-order chi connectivity index (χ0) is 24.1. The number of hydrogen-bond acceptors (Lipinski definition) is 5. The number of hydrogen-bond donors (Lipinski definition) is 1. The molecule has 1 N–H and O–H groups in total. The summed E-state index contributed by atoms with van der Waals surface area (Å²) < 4.78 is 17.2. The molecule has 0 aliphatic heterocycles. The highest BCUT2D eigenvalue weighted by Gasteiger charge is 2.22. The second kappa shape index (κ2) is 10.8. The molecule has 0 radical (unpaired) electrons. The third-order valence-electron chi connectivity index (χ3n) is 6.23. The van der Waals surface area contributed by atoms with Gasteiger partial charge in [-0.15, -0.1) is 0 Å². The fourth-order valence-corrected chi connectivity index (χ4v) is 4.31. The number of benzene rings is 2.